The van der Waals surface area contributed by atoms with E-state index in [-0.39, 0.29) is 18.7 Å². The molecule has 1 amide bonds. The number of hydrogen-bond acceptors (Lipinski definition) is 3. The van der Waals surface area contributed by atoms with E-state index in [1.54, 1.807) is 25.7 Å². The summed E-state index contributed by atoms with van der Waals surface area (Å²) in [4.78, 5) is 13.2. The van der Waals surface area contributed by atoms with Crippen molar-refractivity contribution in [2.45, 2.75) is 45.3 Å². The van der Waals surface area contributed by atoms with E-state index in [1.807, 2.05) is 0 Å². The molecule has 1 N–H and O–H groups in total. The van der Waals surface area contributed by atoms with Gasteiger partial charge in [-0.25, -0.2) is 13.6 Å². The SMILES string of the molecule is CC(C)(C)OC(=O)N1CC[C@@H](NCC(F)F)C1. The fraction of sp³-hybridized carbons (Fsp3) is 0.909. The maximum Gasteiger partial charge on any atom is 0.410 e. The second-order valence-corrected chi connectivity index (χ2v) is 5.21. The minimum atomic E-state index is -2.36. The Labute approximate surface area is 100 Å². The summed E-state index contributed by atoms with van der Waals surface area (Å²) in [5.41, 5.74) is -0.522. The molecular formula is C11H20F2N2O2. The lowest BCUT2D eigenvalue weighted by molar-refractivity contribution is 0.0290. The minimum Gasteiger partial charge on any atom is -0.444 e. The number of rotatable bonds is 3. The second kappa shape index (κ2) is 5.62. The summed E-state index contributed by atoms with van der Waals surface area (Å²) in [7, 11) is 0. The molecule has 0 bridgehead atoms. The van der Waals surface area contributed by atoms with Crippen molar-refractivity contribution in [2.75, 3.05) is 19.6 Å². The fourth-order valence-corrected chi connectivity index (χ4v) is 1.67. The van der Waals surface area contributed by atoms with Crippen molar-refractivity contribution in [3.8, 4) is 0 Å². The first-order valence-corrected chi connectivity index (χ1v) is 5.77. The van der Waals surface area contributed by atoms with Crippen molar-refractivity contribution >= 4 is 6.09 Å². The molecule has 0 aromatic heterocycles. The van der Waals surface area contributed by atoms with Gasteiger partial charge in [0, 0.05) is 19.1 Å². The molecule has 1 aliphatic heterocycles. The third-order valence-electron chi connectivity index (χ3n) is 2.40. The summed E-state index contributed by atoms with van der Waals surface area (Å²) < 4.78 is 29.2. The van der Waals surface area contributed by atoms with Crippen LogP contribution in [0.4, 0.5) is 13.6 Å². The Balaban J connectivity index is 2.32. The highest BCUT2D eigenvalue weighted by molar-refractivity contribution is 5.68. The number of halogens is 2. The van der Waals surface area contributed by atoms with Crippen LogP contribution in [0.1, 0.15) is 27.2 Å². The number of carbonyl (C=O) groups is 1. The van der Waals surface area contributed by atoms with Gasteiger partial charge in [0.1, 0.15) is 5.60 Å². The van der Waals surface area contributed by atoms with E-state index in [0.717, 1.165) is 0 Å². The summed E-state index contributed by atoms with van der Waals surface area (Å²) in [5.74, 6) is 0. The Hall–Kier alpha value is -0.910. The molecule has 1 atom stereocenters. The Morgan fingerprint density at radius 2 is 2.18 bits per heavy atom. The first-order valence-electron chi connectivity index (χ1n) is 5.77. The monoisotopic (exact) mass is 250 g/mol. The Bertz CT molecular complexity index is 267. The normalized spacial score (nSPS) is 21.1. The van der Waals surface area contributed by atoms with Gasteiger partial charge in [0.05, 0.1) is 6.54 Å². The number of nitrogens with one attached hydrogen (secondary N) is 1. The van der Waals surface area contributed by atoms with Crippen LogP contribution in [0.3, 0.4) is 0 Å². The molecule has 0 aromatic carbocycles. The van der Waals surface area contributed by atoms with Crippen LogP contribution in [-0.4, -0.2) is 48.7 Å². The van der Waals surface area contributed by atoms with Gasteiger partial charge in [0.15, 0.2) is 0 Å². The van der Waals surface area contributed by atoms with E-state index in [4.69, 9.17) is 4.74 Å². The fourth-order valence-electron chi connectivity index (χ4n) is 1.67. The van der Waals surface area contributed by atoms with Gasteiger partial charge < -0.3 is 15.0 Å². The zero-order valence-corrected chi connectivity index (χ0v) is 10.5. The van der Waals surface area contributed by atoms with Gasteiger partial charge in [-0.2, -0.15) is 0 Å². The lowest BCUT2D eigenvalue weighted by Gasteiger charge is -2.24. The molecule has 0 aromatic rings. The Morgan fingerprint density at radius 3 is 2.71 bits per heavy atom. The number of amides is 1. The summed E-state index contributed by atoms with van der Waals surface area (Å²) in [5, 5.41) is 2.73. The highest BCUT2D eigenvalue weighted by Crippen LogP contribution is 2.15. The molecule has 0 unspecified atom stereocenters. The predicted molar refractivity (Wildman–Crippen MR) is 60.2 cm³/mol. The van der Waals surface area contributed by atoms with Gasteiger partial charge in [-0.3, -0.25) is 0 Å². The summed E-state index contributed by atoms with van der Waals surface area (Å²) >= 11 is 0. The van der Waals surface area contributed by atoms with Gasteiger partial charge in [-0.05, 0) is 27.2 Å². The number of hydrogen-bond donors (Lipinski definition) is 1. The lowest BCUT2D eigenvalue weighted by Crippen LogP contribution is -2.39. The van der Waals surface area contributed by atoms with Crippen LogP contribution in [0, 0.1) is 0 Å². The molecule has 100 valence electrons. The topological polar surface area (TPSA) is 41.6 Å². The predicted octanol–water partition coefficient (Wildman–Crippen LogP) is 1.85. The maximum atomic E-state index is 12.0. The van der Waals surface area contributed by atoms with Crippen LogP contribution in [-0.2, 0) is 4.74 Å². The molecular weight excluding hydrogens is 230 g/mol. The lowest BCUT2D eigenvalue weighted by atomic mass is 10.2. The molecule has 1 rings (SSSR count). The summed E-state index contributed by atoms with van der Waals surface area (Å²) in [6.45, 7) is 6.05. The largest absolute Gasteiger partial charge is 0.444 e. The quantitative estimate of drug-likeness (QED) is 0.831. The van der Waals surface area contributed by atoms with Crippen molar-refractivity contribution in [3.63, 3.8) is 0 Å². The van der Waals surface area contributed by atoms with Crippen LogP contribution < -0.4 is 5.32 Å². The highest BCUT2D eigenvalue weighted by Gasteiger charge is 2.29. The van der Waals surface area contributed by atoms with Crippen molar-refractivity contribution in [2.24, 2.45) is 0 Å². The Morgan fingerprint density at radius 1 is 1.53 bits per heavy atom. The van der Waals surface area contributed by atoms with Crippen LogP contribution >= 0.6 is 0 Å². The minimum absolute atomic E-state index is 0.0588. The number of likely N-dealkylation sites (tertiary alicyclic amines) is 1. The van der Waals surface area contributed by atoms with E-state index in [1.165, 1.54) is 0 Å². The number of ether oxygens (including phenoxy) is 1. The molecule has 0 saturated carbocycles. The van der Waals surface area contributed by atoms with E-state index in [9.17, 15) is 13.6 Å². The molecule has 1 saturated heterocycles. The molecule has 0 radical (unpaired) electrons. The zero-order valence-electron chi connectivity index (χ0n) is 10.5. The number of carbonyl (C=O) groups excluding carboxylic acids is 1. The van der Waals surface area contributed by atoms with Gasteiger partial charge >= 0.3 is 6.09 Å². The molecule has 0 spiro atoms. The van der Waals surface area contributed by atoms with Crippen molar-refractivity contribution < 1.29 is 18.3 Å². The summed E-state index contributed by atoms with van der Waals surface area (Å²) in [6.07, 6.45) is -2.05. The van der Waals surface area contributed by atoms with Crippen LogP contribution in [0.2, 0.25) is 0 Å². The van der Waals surface area contributed by atoms with E-state index in [0.29, 0.717) is 19.5 Å². The molecule has 17 heavy (non-hydrogen) atoms. The standard InChI is InChI=1S/C11H20F2N2O2/c1-11(2,3)17-10(16)15-5-4-8(7-15)14-6-9(12)13/h8-9,14H,4-7H2,1-3H3/t8-/m1/s1. The first-order chi connectivity index (χ1) is 7.78. The van der Waals surface area contributed by atoms with Gasteiger partial charge in [-0.1, -0.05) is 0 Å². The molecule has 4 nitrogen and oxygen atoms in total. The van der Waals surface area contributed by atoms with Gasteiger partial charge in [0.2, 0.25) is 0 Å². The maximum absolute atomic E-state index is 12.0. The smallest absolute Gasteiger partial charge is 0.410 e. The third kappa shape index (κ3) is 5.30. The molecule has 1 heterocycles. The molecule has 0 aliphatic carbocycles. The highest BCUT2D eigenvalue weighted by atomic mass is 19.3. The van der Waals surface area contributed by atoms with Gasteiger partial charge in [-0.15, -0.1) is 0 Å². The average Bonchev–Trinajstić information content (AvgIpc) is 2.60. The zero-order chi connectivity index (χ0) is 13.1. The van der Waals surface area contributed by atoms with Crippen LogP contribution in [0.25, 0.3) is 0 Å². The van der Waals surface area contributed by atoms with Crippen LogP contribution in [0.15, 0.2) is 0 Å². The van der Waals surface area contributed by atoms with E-state index >= 15 is 0 Å². The first kappa shape index (κ1) is 14.2. The second-order valence-electron chi connectivity index (χ2n) is 5.21. The van der Waals surface area contributed by atoms with Crippen molar-refractivity contribution in [3.05, 3.63) is 0 Å². The van der Waals surface area contributed by atoms with Crippen molar-refractivity contribution in [1.82, 2.24) is 10.2 Å². The van der Waals surface area contributed by atoms with E-state index in [2.05, 4.69) is 5.32 Å². The Kier molecular flexibility index (Phi) is 4.68. The molecule has 1 aliphatic rings. The molecule has 6 heteroatoms. The number of nitrogens with zero attached hydrogens (tertiary/aromatic N) is 1. The van der Waals surface area contributed by atoms with Crippen LogP contribution in [0.5, 0.6) is 0 Å². The average molecular weight is 250 g/mol. The number of alkyl halides is 2. The molecule has 1 fully saturated rings. The third-order valence-corrected chi connectivity index (χ3v) is 2.40. The van der Waals surface area contributed by atoms with Gasteiger partial charge in [0.25, 0.3) is 6.43 Å². The van der Waals surface area contributed by atoms with Crippen molar-refractivity contribution in [1.29, 1.82) is 0 Å². The summed E-state index contributed by atoms with van der Waals surface area (Å²) in [6, 6.07) is -0.0588. The van der Waals surface area contributed by atoms with E-state index < -0.39 is 12.0 Å².